The summed E-state index contributed by atoms with van der Waals surface area (Å²) in [4.78, 5) is 17.2. The second-order valence-corrected chi connectivity index (χ2v) is 8.11. The molecular weight excluding hydrogens is 494 g/mol. The minimum absolute atomic E-state index is 0.113. The zero-order valence-corrected chi connectivity index (χ0v) is 17.1. The number of hydrogen-bond donors (Lipinski definition) is 1. The summed E-state index contributed by atoms with van der Waals surface area (Å²) >= 11 is 8.10. The van der Waals surface area contributed by atoms with Gasteiger partial charge in [-0.25, -0.2) is 4.98 Å². The number of halogens is 5. The van der Waals surface area contributed by atoms with Gasteiger partial charge < -0.3 is 9.88 Å². The van der Waals surface area contributed by atoms with Gasteiger partial charge in [0, 0.05) is 3.57 Å². The average molecular weight is 508 g/mol. The first-order chi connectivity index (χ1) is 12.5. The van der Waals surface area contributed by atoms with Crippen LogP contribution in [0.15, 0.2) is 42.7 Å². The summed E-state index contributed by atoms with van der Waals surface area (Å²) in [5.41, 5.74) is -0.295. The Labute approximate surface area is 171 Å². The van der Waals surface area contributed by atoms with Crippen molar-refractivity contribution in [2.24, 2.45) is 0 Å². The second-order valence-electron chi connectivity index (χ2n) is 6.45. The molecule has 0 aliphatic carbocycles. The lowest BCUT2D eigenvalue weighted by molar-refractivity contribution is -0.137. The fourth-order valence-electron chi connectivity index (χ4n) is 2.60. The Balaban J connectivity index is 1.92. The first-order valence-corrected chi connectivity index (χ1v) is 9.27. The molecule has 2 aromatic carbocycles. The molecule has 1 amide bonds. The van der Waals surface area contributed by atoms with Crippen LogP contribution in [0.1, 0.15) is 19.4 Å². The highest BCUT2D eigenvalue weighted by Crippen LogP contribution is 2.34. The largest absolute Gasteiger partial charge is 0.416 e. The molecule has 0 spiro atoms. The van der Waals surface area contributed by atoms with Gasteiger partial charge in [0.25, 0.3) is 0 Å². The maximum atomic E-state index is 12.9. The zero-order chi connectivity index (χ0) is 20.0. The number of benzene rings is 2. The smallest absolute Gasteiger partial charge is 0.323 e. The van der Waals surface area contributed by atoms with E-state index >= 15 is 0 Å². The van der Waals surface area contributed by atoms with Crippen LogP contribution >= 0.6 is 34.2 Å². The number of nitrogens with one attached hydrogen (secondary N) is 1. The average Bonchev–Trinajstić information content (AvgIpc) is 2.99. The number of rotatable bonds is 3. The third kappa shape index (κ3) is 3.91. The fourth-order valence-corrected chi connectivity index (χ4v) is 3.31. The number of imidazole rings is 1. The van der Waals surface area contributed by atoms with Crippen LogP contribution in [-0.4, -0.2) is 15.5 Å². The molecule has 0 radical (unpaired) electrons. The first kappa shape index (κ1) is 19.9. The summed E-state index contributed by atoms with van der Waals surface area (Å²) in [5.74, 6) is -0.428. The number of hydrogen-bond acceptors (Lipinski definition) is 2. The number of alkyl halides is 3. The third-order valence-corrected chi connectivity index (χ3v) is 5.20. The molecule has 1 aromatic heterocycles. The van der Waals surface area contributed by atoms with Crippen LogP contribution < -0.4 is 5.32 Å². The molecule has 0 aliphatic heterocycles. The number of carbonyl (C=O) groups excluding carboxylic acids is 1. The number of carbonyl (C=O) groups is 1. The van der Waals surface area contributed by atoms with E-state index in [-0.39, 0.29) is 10.7 Å². The van der Waals surface area contributed by atoms with E-state index in [0.29, 0.717) is 0 Å². The maximum Gasteiger partial charge on any atom is 0.416 e. The Morgan fingerprint density at radius 3 is 2.52 bits per heavy atom. The second kappa shape index (κ2) is 6.97. The molecule has 1 N–H and O–H groups in total. The van der Waals surface area contributed by atoms with Gasteiger partial charge in [-0.1, -0.05) is 11.6 Å². The van der Waals surface area contributed by atoms with Gasteiger partial charge in [0.05, 0.1) is 33.6 Å². The number of amides is 1. The molecule has 3 rings (SSSR count). The third-order valence-electron chi connectivity index (χ3n) is 4.21. The van der Waals surface area contributed by atoms with Crippen LogP contribution in [0, 0.1) is 3.57 Å². The highest BCUT2D eigenvalue weighted by atomic mass is 127. The first-order valence-electron chi connectivity index (χ1n) is 7.81. The summed E-state index contributed by atoms with van der Waals surface area (Å²) in [6.07, 6.45) is -2.94. The molecule has 1 heterocycles. The number of aromatic nitrogens is 2. The molecule has 9 heteroatoms. The fraction of sp³-hybridized carbons (Fsp3) is 0.222. The van der Waals surface area contributed by atoms with Gasteiger partial charge in [-0.3, -0.25) is 4.79 Å². The van der Waals surface area contributed by atoms with E-state index in [2.05, 4.69) is 32.9 Å². The lowest BCUT2D eigenvalue weighted by Gasteiger charge is -2.26. The van der Waals surface area contributed by atoms with Crippen molar-refractivity contribution in [1.82, 2.24) is 9.55 Å². The summed E-state index contributed by atoms with van der Waals surface area (Å²) < 4.78 is 41.0. The van der Waals surface area contributed by atoms with Gasteiger partial charge in [0.1, 0.15) is 5.54 Å². The number of anilines is 1. The standard InChI is InChI=1S/C18H14ClF3IN3O/c1-17(2,26-9-24-14-6-4-11(23)8-15(14)26)16(27)25-13-5-3-10(7-12(13)19)18(20,21)22/h3-9H,1-2H3,(H,25,27). The normalized spacial score (nSPS) is 12.4. The van der Waals surface area contributed by atoms with Crippen molar-refractivity contribution < 1.29 is 18.0 Å². The zero-order valence-electron chi connectivity index (χ0n) is 14.2. The Morgan fingerprint density at radius 1 is 1.19 bits per heavy atom. The van der Waals surface area contributed by atoms with Crippen molar-refractivity contribution in [3.8, 4) is 0 Å². The molecule has 27 heavy (non-hydrogen) atoms. The molecule has 142 valence electrons. The van der Waals surface area contributed by atoms with E-state index in [4.69, 9.17) is 11.6 Å². The topological polar surface area (TPSA) is 46.9 Å². The molecule has 0 aliphatic rings. The molecule has 4 nitrogen and oxygen atoms in total. The number of fused-ring (bicyclic) bond motifs is 1. The predicted octanol–water partition coefficient (Wildman–Crippen LogP) is 5.69. The molecule has 0 saturated carbocycles. The van der Waals surface area contributed by atoms with Crippen molar-refractivity contribution >= 4 is 56.8 Å². The van der Waals surface area contributed by atoms with Gasteiger partial charge in [0.15, 0.2) is 0 Å². The Morgan fingerprint density at radius 2 is 1.89 bits per heavy atom. The van der Waals surface area contributed by atoms with Crippen LogP contribution in [0.25, 0.3) is 11.0 Å². The van der Waals surface area contributed by atoms with E-state index in [1.807, 2.05) is 18.2 Å². The SMILES string of the molecule is CC(C)(C(=O)Nc1ccc(C(F)(F)F)cc1Cl)n1cnc2ccc(I)cc21. The molecule has 0 unspecified atom stereocenters. The Hall–Kier alpha value is -1.81. The van der Waals surface area contributed by atoms with E-state index < -0.39 is 23.2 Å². The van der Waals surface area contributed by atoms with Gasteiger partial charge in [-0.2, -0.15) is 13.2 Å². The molecule has 0 atom stereocenters. The lowest BCUT2D eigenvalue weighted by atomic mass is 10.0. The van der Waals surface area contributed by atoms with Gasteiger partial charge in [0.2, 0.25) is 5.91 Å². The van der Waals surface area contributed by atoms with E-state index in [9.17, 15) is 18.0 Å². The van der Waals surface area contributed by atoms with Crippen molar-refractivity contribution in [3.05, 3.63) is 56.9 Å². The van der Waals surface area contributed by atoms with Crippen molar-refractivity contribution in [2.75, 3.05) is 5.32 Å². The van der Waals surface area contributed by atoms with E-state index in [1.165, 1.54) is 0 Å². The van der Waals surface area contributed by atoms with Crippen molar-refractivity contribution in [3.63, 3.8) is 0 Å². The van der Waals surface area contributed by atoms with Crippen LogP contribution in [0.5, 0.6) is 0 Å². The molecule has 0 saturated heterocycles. The molecule has 0 fully saturated rings. The van der Waals surface area contributed by atoms with Gasteiger partial charge >= 0.3 is 6.18 Å². The quantitative estimate of drug-likeness (QED) is 0.463. The highest BCUT2D eigenvalue weighted by molar-refractivity contribution is 14.1. The molecular formula is C18H14ClF3IN3O. The van der Waals surface area contributed by atoms with Crippen LogP contribution in [0.2, 0.25) is 5.02 Å². The number of nitrogens with zero attached hydrogens (tertiary/aromatic N) is 2. The lowest BCUT2D eigenvalue weighted by Crippen LogP contribution is -2.40. The summed E-state index contributed by atoms with van der Waals surface area (Å²) in [7, 11) is 0. The Kier molecular flexibility index (Phi) is 5.15. The minimum Gasteiger partial charge on any atom is -0.323 e. The van der Waals surface area contributed by atoms with Crippen molar-refractivity contribution in [2.45, 2.75) is 25.6 Å². The van der Waals surface area contributed by atoms with Gasteiger partial charge in [-0.15, -0.1) is 0 Å². The molecule has 0 bridgehead atoms. The van der Waals surface area contributed by atoms with E-state index in [0.717, 1.165) is 32.8 Å². The van der Waals surface area contributed by atoms with E-state index in [1.54, 1.807) is 24.7 Å². The summed E-state index contributed by atoms with van der Waals surface area (Å²) in [6, 6.07) is 8.49. The van der Waals surface area contributed by atoms with Crippen molar-refractivity contribution in [1.29, 1.82) is 0 Å². The maximum absolute atomic E-state index is 12.9. The monoisotopic (exact) mass is 507 g/mol. The highest BCUT2D eigenvalue weighted by Gasteiger charge is 2.33. The Bertz CT molecular complexity index is 1030. The van der Waals surface area contributed by atoms with Gasteiger partial charge in [-0.05, 0) is 72.8 Å². The summed E-state index contributed by atoms with van der Waals surface area (Å²) in [5, 5.41) is 2.43. The predicted molar refractivity (Wildman–Crippen MR) is 107 cm³/mol. The van der Waals surface area contributed by atoms with Crippen LogP contribution in [0.3, 0.4) is 0 Å². The molecule has 3 aromatic rings. The summed E-state index contributed by atoms with van der Waals surface area (Å²) in [6.45, 7) is 3.39. The van der Waals surface area contributed by atoms with Crippen LogP contribution in [-0.2, 0) is 16.5 Å². The van der Waals surface area contributed by atoms with Crippen LogP contribution in [0.4, 0.5) is 18.9 Å². The minimum atomic E-state index is -4.50.